The van der Waals surface area contributed by atoms with Crippen molar-refractivity contribution < 1.29 is 49.7 Å². The van der Waals surface area contributed by atoms with Gasteiger partial charge in [0.2, 0.25) is 29.5 Å². The maximum Gasteiger partial charge on any atom is 0.303 e. The standard InChI is InChI=1S/C8H14N2O3.C7H13N3O3.C5H10N2O2.C3H6O2.C2H6.3CH4.H2/c1-3-7(12)10-5-8(13)9-4-6(2)11;1-5(11)3-9-7(13)4-10-6(12)2-8;1-4(8)3-7-5(9)2-6;1-2-3(4)5;1-2;;;;/h3-5H2,1-2H3,(H,9,13)(H,10,12);2-4,8H2,1H3,(H,9,13)(H,10,12);2-3,6H2,1H3,(H,7,9);2H2,1H3,(H,4,5);1-2H3;3*1H4;1H. The van der Waals surface area contributed by atoms with Crippen LogP contribution < -0.4 is 38.1 Å². The van der Waals surface area contributed by atoms with E-state index in [1.165, 1.54) is 20.8 Å². The zero-order chi connectivity index (χ0) is 34.1. The summed E-state index contributed by atoms with van der Waals surface area (Å²) in [5, 5.41) is 19.4. The Morgan fingerprint density at radius 1 is 0.489 bits per heavy atom. The number of hydrogen-bond acceptors (Lipinski definition) is 11. The summed E-state index contributed by atoms with van der Waals surface area (Å²) in [6.45, 7) is 11.1. The number of rotatable bonds is 14. The van der Waals surface area contributed by atoms with Crippen molar-refractivity contribution in [3.05, 3.63) is 0 Å². The maximum absolute atomic E-state index is 10.9. The van der Waals surface area contributed by atoms with Crippen LogP contribution in [0.2, 0.25) is 0 Å². The zero-order valence-corrected chi connectivity index (χ0v) is 25.6. The predicted molar refractivity (Wildman–Crippen MR) is 177 cm³/mol. The normalized spacial score (nSPS) is 7.93. The Kier molecular flexibility index (Phi) is 59.0. The van der Waals surface area contributed by atoms with E-state index < -0.39 is 17.8 Å². The number of carbonyl (C=O) groups is 9. The maximum atomic E-state index is 10.9. The molecule has 17 nitrogen and oxygen atoms in total. The summed E-state index contributed by atoms with van der Waals surface area (Å²) < 4.78 is 0. The van der Waals surface area contributed by atoms with Crippen molar-refractivity contribution in [3.8, 4) is 0 Å². The lowest BCUT2D eigenvalue weighted by Crippen LogP contribution is -2.40. The van der Waals surface area contributed by atoms with Gasteiger partial charge in [0, 0.05) is 14.3 Å². The molecule has 0 aliphatic heterocycles. The zero-order valence-electron chi connectivity index (χ0n) is 25.6. The summed E-state index contributed by atoms with van der Waals surface area (Å²) in [6, 6.07) is 0. The highest BCUT2D eigenvalue weighted by Crippen LogP contribution is 1.74. The van der Waals surface area contributed by atoms with Gasteiger partial charge in [0.25, 0.3) is 0 Å². The summed E-state index contributed by atoms with van der Waals surface area (Å²) in [4.78, 5) is 93.8. The van der Waals surface area contributed by atoms with Crippen LogP contribution in [-0.4, -0.2) is 104 Å². The predicted octanol–water partition coefficient (Wildman–Crippen LogP) is -0.704. The molecule has 45 heavy (non-hydrogen) atoms. The first-order valence-electron chi connectivity index (χ1n) is 13.0. The van der Waals surface area contributed by atoms with Crippen LogP contribution in [0.5, 0.6) is 0 Å². The first-order chi connectivity index (χ1) is 19.5. The molecule has 0 heterocycles. The van der Waals surface area contributed by atoms with Gasteiger partial charge in [-0.05, 0) is 20.8 Å². The summed E-state index contributed by atoms with van der Waals surface area (Å²) in [5.41, 5.74) is 9.92. The number of ketones is 3. The number of carboxylic acids is 1. The van der Waals surface area contributed by atoms with Crippen LogP contribution in [0.4, 0.5) is 0 Å². The monoisotopic (exact) mass is 657 g/mol. The fourth-order valence-corrected chi connectivity index (χ4v) is 1.42. The van der Waals surface area contributed by atoms with Gasteiger partial charge in [0.05, 0.1) is 45.8 Å². The van der Waals surface area contributed by atoms with E-state index in [0.717, 1.165) is 0 Å². The van der Waals surface area contributed by atoms with Gasteiger partial charge < -0.3 is 43.2 Å². The average molecular weight is 658 g/mol. The third kappa shape index (κ3) is 68.5. The number of nitrogens with two attached hydrogens (primary N) is 2. The average Bonchev–Trinajstić information content (AvgIpc) is 2.96. The van der Waals surface area contributed by atoms with Gasteiger partial charge in [0.1, 0.15) is 17.3 Å². The number of carboxylic acid groups (broad SMARTS) is 1. The molecule has 0 atom stereocenters. The molecule has 0 radical (unpaired) electrons. The molecule has 0 unspecified atom stereocenters. The van der Waals surface area contributed by atoms with E-state index in [4.69, 9.17) is 16.6 Å². The summed E-state index contributed by atoms with van der Waals surface area (Å²) >= 11 is 0. The molecule has 0 saturated carbocycles. The minimum absolute atomic E-state index is 0. The molecule has 0 aromatic rings. The lowest BCUT2D eigenvalue weighted by molar-refractivity contribution is -0.136. The Bertz CT molecular complexity index is 813. The van der Waals surface area contributed by atoms with Crippen LogP contribution in [-0.2, 0) is 43.2 Å². The van der Waals surface area contributed by atoms with Crippen molar-refractivity contribution in [1.29, 1.82) is 0 Å². The van der Waals surface area contributed by atoms with E-state index in [-0.39, 0.29) is 111 Å². The van der Waals surface area contributed by atoms with Gasteiger partial charge in [0.15, 0.2) is 0 Å². The molecule has 17 heteroatoms. The van der Waals surface area contributed by atoms with E-state index in [0.29, 0.717) is 6.42 Å². The quantitative estimate of drug-likeness (QED) is 0.115. The molecule has 5 amide bonds. The lowest BCUT2D eigenvalue weighted by atomic mass is 10.4. The highest BCUT2D eigenvalue weighted by molar-refractivity contribution is 5.89. The Morgan fingerprint density at radius 3 is 0.911 bits per heavy atom. The van der Waals surface area contributed by atoms with Gasteiger partial charge in [-0.15, -0.1) is 0 Å². The van der Waals surface area contributed by atoms with Gasteiger partial charge in [-0.1, -0.05) is 50.0 Å². The van der Waals surface area contributed by atoms with Crippen molar-refractivity contribution in [2.45, 2.75) is 83.6 Å². The van der Waals surface area contributed by atoms with Gasteiger partial charge >= 0.3 is 5.97 Å². The van der Waals surface area contributed by atoms with Crippen LogP contribution in [0.15, 0.2) is 0 Å². The van der Waals surface area contributed by atoms with E-state index in [2.05, 4.69) is 26.6 Å². The fraction of sp³-hybridized carbons (Fsp3) is 0.679. The van der Waals surface area contributed by atoms with Gasteiger partial charge in [-0.3, -0.25) is 43.2 Å². The second-order valence-corrected chi connectivity index (χ2v) is 7.50. The van der Waals surface area contributed by atoms with Crippen molar-refractivity contribution >= 4 is 52.9 Å². The first kappa shape index (κ1) is 60.0. The molecule has 0 aliphatic carbocycles. The smallest absolute Gasteiger partial charge is 0.303 e. The summed E-state index contributed by atoms with van der Waals surface area (Å²) in [6.07, 6.45) is 0.569. The van der Waals surface area contributed by atoms with Gasteiger partial charge in [-0.25, -0.2) is 0 Å². The number of aliphatic carboxylic acids is 1. The topological polar surface area (TPSA) is 286 Å². The number of nitrogens with one attached hydrogen (secondary N) is 5. The van der Waals surface area contributed by atoms with Crippen LogP contribution in [0.25, 0.3) is 0 Å². The lowest BCUT2D eigenvalue weighted by Gasteiger charge is -2.03. The number of amides is 5. The van der Waals surface area contributed by atoms with E-state index in [1.807, 2.05) is 13.8 Å². The third-order valence-electron chi connectivity index (χ3n) is 3.49. The van der Waals surface area contributed by atoms with E-state index >= 15 is 0 Å². The highest BCUT2D eigenvalue weighted by Gasteiger charge is 2.04. The molecule has 0 aromatic heterocycles. The molecule has 0 aliphatic rings. The van der Waals surface area contributed by atoms with Gasteiger partial charge in [-0.2, -0.15) is 0 Å². The van der Waals surface area contributed by atoms with Crippen molar-refractivity contribution in [2.24, 2.45) is 11.5 Å². The third-order valence-corrected chi connectivity index (χ3v) is 3.49. The van der Waals surface area contributed by atoms with Crippen LogP contribution in [0.1, 0.15) is 85.0 Å². The summed E-state index contributed by atoms with van der Waals surface area (Å²) in [7, 11) is 0. The van der Waals surface area contributed by atoms with Crippen LogP contribution in [0.3, 0.4) is 0 Å². The van der Waals surface area contributed by atoms with Crippen LogP contribution in [0, 0.1) is 0 Å². The van der Waals surface area contributed by atoms with Crippen molar-refractivity contribution in [3.63, 3.8) is 0 Å². The number of hydrogen-bond donors (Lipinski definition) is 8. The van der Waals surface area contributed by atoms with Crippen molar-refractivity contribution in [1.82, 2.24) is 26.6 Å². The first-order valence-corrected chi connectivity index (χ1v) is 13.0. The second-order valence-electron chi connectivity index (χ2n) is 7.50. The molecule has 0 saturated heterocycles. The molecule has 270 valence electrons. The Balaban J connectivity index is -0.0000000562. The SMILES string of the molecule is C.C.C.CC.CC(=O)CNC(=O)CN.CC(=O)CNC(=O)CNC(=O)CN.CCC(=O)NCC(=O)NCC(C)=O.CCC(=O)O.[HH]. The van der Waals surface area contributed by atoms with E-state index in [9.17, 15) is 43.2 Å². The van der Waals surface area contributed by atoms with E-state index in [1.54, 1.807) is 13.8 Å². The molecule has 0 bridgehead atoms. The molecule has 0 aromatic carbocycles. The Hall–Kier alpha value is -4.25. The molecule has 0 rings (SSSR count). The Labute approximate surface area is 270 Å². The fourth-order valence-electron chi connectivity index (χ4n) is 1.42. The second kappa shape index (κ2) is 44.2. The highest BCUT2D eigenvalue weighted by atomic mass is 16.4. The molecular weight excluding hydrogens is 594 g/mol. The number of carbonyl (C=O) groups excluding carboxylic acids is 8. The minimum atomic E-state index is -0.745. The number of Topliss-reactive ketones (excluding diaryl/α,β-unsaturated/α-hetero) is 3. The molecule has 0 spiro atoms. The largest absolute Gasteiger partial charge is 0.481 e. The van der Waals surface area contributed by atoms with Crippen LogP contribution >= 0.6 is 0 Å². The molecular formula is C28H63N7O10. The minimum Gasteiger partial charge on any atom is -0.481 e. The summed E-state index contributed by atoms with van der Waals surface area (Å²) in [5.74, 6) is -2.72. The molecule has 0 fully saturated rings. The Morgan fingerprint density at radius 2 is 0.711 bits per heavy atom. The molecule has 10 N–H and O–H groups in total. The van der Waals surface area contributed by atoms with Crippen molar-refractivity contribution in [2.75, 3.05) is 45.8 Å².